The lowest BCUT2D eigenvalue weighted by molar-refractivity contribution is 0.324. The van der Waals surface area contributed by atoms with Crippen LogP contribution < -0.4 is 14.2 Å². The second-order valence-corrected chi connectivity index (χ2v) is 6.09. The fourth-order valence-corrected chi connectivity index (χ4v) is 3.11. The number of nitrogens with zero attached hydrogens (tertiary/aromatic N) is 3. The number of hydrogen-bond acceptors (Lipinski definition) is 6. The third-order valence-electron chi connectivity index (χ3n) is 4.48. The Hall–Kier alpha value is -3.74. The van der Waals surface area contributed by atoms with Gasteiger partial charge in [-0.3, -0.25) is 4.98 Å². The molecule has 0 atom stereocenters. The van der Waals surface area contributed by atoms with Gasteiger partial charge in [-0.2, -0.15) is 0 Å². The predicted octanol–water partition coefficient (Wildman–Crippen LogP) is 3.79. The second kappa shape index (κ2) is 7.11. The summed E-state index contributed by atoms with van der Waals surface area (Å²) in [6.07, 6.45) is 5.48. The Morgan fingerprint density at radius 1 is 0.893 bits per heavy atom. The number of methoxy groups -OCH3 is 3. The molecule has 7 heteroatoms. The third-order valence-corrected chi connectivity index (χ3v) is 4.48. The second-order valence-electron chi connectivity index (χ2n) is 6.09. The first-order valence-corrected chi connectivity index (χ1v) is 8.58. The summed E-state index contributed by atoms with van der Waals surface area (Å²) < 4.78 is 18.2. The topological polar surface area (TPSA) is 78.1 Å². The molecule has 7 nitrogen and oxygen atoms in total. The minimum absolute atomic E-state index is 0.215. The van der Waals surface area contributed by atoms with E-state index in [0.717, 1.165) is 16.8 Å². The Balaban J connectivity index is 1.89. The van der Waals surface area contributed by atoms with Gasteiger partial charge in [-0.25, -0.2) is 4.98 Å². The Morgan fingerprint density at radius 3 is 2.18 bits per heavy atom. The Kier molecular flexibility index (Phi) is 4.49. The van der Waals surface area contributed by atoms with Gasteiger partial charge in [0, 0.05) is 29.7 Å². The zero-order valence-electron chi connectivity index (χ0n) is 15.7. The van der Waals surface area contributed by atoms with E-state index in [1.54, 1.807) is 39.7 Å². The molecule has 0 aliphatic rings. The number of fused-ring (bicyclic) bond motifs is 1. The molecule has 0 amide bonds. The maximum absolute atomic E-state index is 9.51. The summed E-state index contributed by atoms with van der Waals surface area (Å²) in [5.41, 5.74) is 3.86. The molecular formula is C21H19N3O4. The Bertz CT molecular complexity index is 1110. The molecule has 0 aliphatic carbocycles. The molecule has 4 aromatic rings. The zero-order chi connectivity index (χ0) is 19.7. The van der Waals surface area contributed by atoms with Crippen molar-refractivity contribution in [3.05, 3.63) is 55.0 Å². The smallest absolute Gasteiger partial charge is 0.203 e. The van der Waals surface area contributed by atoms with Crippen molar-refractivity contribution >= 4 is 5.65 Å². The molecule has 2 aromatic heterocycles. The largest absolute Gasteiger partial charge is 0.508 e. The summed E-state index contributed by atoms with van der Waals surface area (Å²) in [5, 5.41) is 9.51. The number of ether oxygens (including phenoxy) is 3. The number of rotatable bonds is 5. The molecule has 1 N–H and O–H groups in total. The predicted molar refractivity (Wildman–Crippen MR) is 105 cm³/mol. The minimum Gasteiger partial charge on any atom is -0.508 e. The highest BCUT2D eigenvalue weighted by atomic mass is 16.5. The summed E-state index contributed by atoms with van der Waals surface area (Å²) >= 11 is 0. The van der Waals surface area contributed by atoms with Crippen molar-refractivity contribution in [1.29, 1.82) is 0 Å². The van der Waals surface area contributed by atoms with Gasteiger partial charge >= 0.3 is 0 Å². The van der Waals surface area contributed by atoms with Crippen LogP contribution in [0.5, 0.6) is 23.0 Å². The van der Waals surface area contributed by atoms with Crippen LogP contribution in [0.4, 0.5) is 0 Å². The normalized spacial score (nSPS) is 10.8. The van der Waals surface area contributed by atoms with Gasteiger partial charge in [0.05, 0.1) is 27.0 Å². The summed E-state index contributed by atoms with van der Waals surface area (Å²) in [7, 11) is 4.72. The molecule has 0 spiro atoms. The molecule has 28 heavy (non-hydrogen) atoms. The molecular weight excluding hydrogens is 358 g/mol. The molecule has 0 bridgehead atoms. The van der Waals surface area contributed by atoms with Crippen LogP contribution in [0.15, 0.2) is 55.0 Å². The number of aromatic nitrogens is 3. The van der Waals surface area contributed by atoms with Gasteiger partial charge in [0.25, 0.3) is 0 Å². The molecule has 4 rings (SSSR count). The summed E-state index contributed by atoms with van der Waals surface area (Å²) in [5.74, 6) is 1.83. The lowest BCUT2D eigenvalue weighted by Crippen LogP contribution is -1.97. The first-order valence-electron chi connectivity index (χ1n) is 8.58. The maximum Gasteiger partial charge on any atom is 0.203 e. The van der Waals surface area contributed by atoms with Crippen molar-refractivity contribution in [2.75, 3.05) is 21.3 Å². The number of aromatic hydroxyl groups is 1. The number of imidazole rings is 1. The van der Waals surface area contributed by atoms with E-state index in [0.29, 0.717) is 28.6 Å². The lowest BCUT2D eigenvalue weighted by Gasteiger charge is -2.14. The zero-order valence-corrected chi connectivity index (χ0v) is 15.7. The average Bonchev–Trinajstić information content (AvgIpc) is 3.17. The number of phenolic OH excluding ortho intramolecular Hbond substituents is 1. The number of hydrogen-bond donors (Lipinski definition) is 1. The minimum atomic E-state index is 0.215. The first-order chi connectivity index (χ1) is 13.6. The lowest BCUT2D eigenvalue weighted by atomic mass is 10.1. The monoisotopic (exact) mass is 377 g/mol. The third kappa shape index (κ3) is 2.96. The highest BCUT2D eigenvalue weighted by molar-refractivity contribution is 5.79. The van der Waals surface area contributed by atoms with Crippen molar-refractivity contribution in [3.8, 4) is 45.5 Å². The number of phenols is 1. The highest BCUT2D eigenvalue weighted by Gasteiger charge is 2.17. The van der Waals surface area contributed by atoms with E-state index < -0.39 is 0 Å². The quantitative estimate of drug-likeness (QED) is 0.570. The van der Waals surface area contributed by atoms with Crippen molar-refractivity contribution < 1.29 is 19.3 Å². The van der Waals surface area contributed by atoms with Crippen molar-refractivity contribution in [2.45, 2.75) is 0 Å². The summed E-state index contributed by atoms with van der Waals surface area (Å²) in [6.45, 7) is 0. The van der Waals surface area contributed by atoms with Crippen molar-refractivity contribution in [1.82, 2.24) is 14.4 Å². The molecule has 0 saturated heterocycles. The van der Waals surface area contributed by atoms with E-state index in [2.05, 4.69) is 4.98 Å². The van der Waals surface area contributed by atoms with Crippen LogP contribution in [0.2, 0.25) is 0 Å². The molecule has 2 aromatic carbocycles. The van der Waals surface area contributed by atoms with Gasteiger partial charge in [0.2, 0.25) is 5.75 Å². The number of benzene rings is 2. The van der Waals surface area contributed by atoms with Crippen LogP contribution in [0, 0.1) is 0 Å². The van der Waals surface area contributed by atoms with E-state index in [1.807, 2.05) is 41.1 Å². The van der Waals surface area contributed by atoms with Gasteiger partial charge in [0.15, 0.2) is 17.1 Å². The molecule has 0 fully saturated rings. The van der Waals surface area contributed by atoms with Crippen LogP contribution in [0.25, 0.3) is 28.2 Å². The van der Waals surface area contributed by atoms with Gasteiger partial charge in [0.1, 0.15) is 11.4 Å². The molecule has 142 valence electrons. The summed E-state index contributed by atoms with van der Waals surface area (Å²) in [6, 6.07) is 10.6. The van der Waals surface area contributed by atoms with Gasteiger partial charge < -0.3 is 23.7 Å². The van der Waals surface area contributed by atoms with E-state index in [9.17, 15) is 5.11 Å². The molecule has 0 unspecified atom stereocenters. The molecule has 0 radical (unpaired) electrons. The first kappa shape index (κ1) is 17.7. The van der Waals surface area contributed by atoms with E-state index >= 15 is 0 Å². The van der Waals surface area contributed by atoms with Gasteiger partial charge in [-0.05, 0) is 36.4 Å². The molecule has 0 aliphatic heterocycles. The molecule has 0 saturated carbocycles. The fraction of sp³-hybridized carbons (Fsp3) is 0.143. The van der Waals surface area contributed by atoms with E-state index in [4.69, 9.17) is 19.2 Å². The van der Waals surface area contributed by atoms with Crippen LogP contribution >= 0.6 is 0 Å². The van der Waals surface area contributed by atoms with Crippen molar-refractivity contribution in [2.24, 2.45) is 0 Å². The summed E-state index contributed by atoms with van der Waals surface area (Å²) in [4.78, 5) is 9.28. The Labute approximate surface area is 161 Å². The highest BCUT2D eigenvalue weighted by Crippen LogP contribution is 2.41. The van der Waals surface area contributed by atoms with E-state index in [1.165, 1.54) is 0 Å². The van der Waals surface area contributed by atoms with Gasteiger partial charge in [-0.15, -0.1) is 0 Å². The average molecular weight is 377 g/mol. The van der Waals surface area contributed by atoms with Gasteiger partial charge in [-0.1, -0.05) is 0 Å². The van der Waals surface area contributed by atoms with Crippen LogP contribution in [0.3, 0.4) is 0 Å². The van der Waals surface area contributed by atoms with Crippen LogP contribution in [-0.2, 0) is 0 Å². The van der Waals surface area contributed by atoms with Crippen LogP contribution in [-0.4, -0.2) is 40.8 Å². The standard InChI is InChI=1S/C21H19N3O4/c1-26-17-10-14(11-18(27-2)20(17)28-3)19-21-23-16(12-24(21)9-8-22-19)13-4-6-15(25)7-5-13/h4-12,25H,1-3H3. The SMILES string of the molecule is COc1cc(-c2nccn3cc(-c4ccc(O)cc4)nc23)cc(OC)c1OC. The fourth-order valence-electron chi connectivity index (χ4n) is 3.11. The van der Waals surface area contributed by atoms with Crippen molar-refractivity contribution in [3.63, 3.8) is 0 Å². The Morgan fingerprint density at radius 2 is 1.57 bits per heavy atom. The van der Waals surface area contributed by atoms with Crippen LogP contribution in [0.1, 0.15) is 0 Å². The molecule has 2 heterocycles. The van der Waals surface area contributed by atoms with E-state index in [-0.39, 0.29) is 5.75 Å². The maximum atomic E-state index is 9.51.